The van der Waals surface area contributed by atoms with E-state index in [1.54, 1.807) is 0 Å². The number of allylic oxidation sites excluding steroid dienone is 30. The van der Waals surface area contributed by atoms with Crippen LogP contribution in [0.2, 0.25) is 0 Å². The summed E-state index contributed by atoms with van der Waals surface area (Å²) < 4.78 is 16.8. The highest BCUT2D eigenvalue weighted by molar-refractivity contribution is 5.71. The van der Waals surface area contributed by atoms with E-state index in [0.29, 0.717) is 19.3 Å². The standard InChI is InChI=1S/C69H104O6/c1-4-7-10-13-16-19-22-25-28-31-33-34-36-38-41-44-47-50-53-56-59-62-68(71)74-65-66(64-73-67(70)61-58-55-52-49-46-43-40-37-30-27-24-21-18-15-12-9-6-3)75-69(72)63-60-57-54-51-48-45-42-39-35-32-29-26-23-20-17-14-11-8-5-2/h7-12,16-21,25-30,33-35,38-41,43,45,48,54,57,66H,4-6,13-15,22-24,31-32,36-37,42,44,46-47,49-53,55-56,58-65H2,1-3H3/b10-7-,11-8-,12-9-,19-16-,20-17-,21-18-,28-25-,29-26-,30-27-,34-33-,39-35-,41-38-,43-40-,48-45-,57-54-. The fraction of sp³-hybridized carbons (Fsp3) is 0.522. The molecule has 75 heavy (non-hydrogen) atoms. The second-order valence-electron chi connectivity index (χ2n) is 18.4. The predicted molar refractivity (Wildman–Crippen MR) is 324 cm³/mol. The van der Waals surface area contributed by atoms with Gasteiger partial charge in [0.2, 0.25) is 0 Å². The van der Waals surface area contributed by atoms with Gasteiger partial charge in [-0.15, -0.1) is 0 Å². The number of carbonyl (C=O) groups excluding carboxylic acids is 3. The zero-order valence-electron chi connectivity index (χ0n) is 47.5. The Balaban J connectivity index is 4.62. The van der Waals surface area contributed by atoms with E-state index in [1.807, 2.05) is 12.2 Å². The van der Waals surface area contributed by atoms with Gasteiger partial charge in [-0.1, -0.05) is 235 Å². The Morgan fingerprint density at radius 2 is 0.507 bits per heavy atom. The van der Waals surface area contributed by atoms with Gasteiger partial charge in [-0.25, -0.2) is 0 Å². The van der Waals surface area contributed by atoms with Crippen LogP contribution in [0.1, 0.15) is 213 Å². The number of hydrogen-bond donors (Lipinski definition) is 0. The van der Waals surface area contributed by atoms with Crippen molar-refractivity contribution < 1.29 is 28.6 Å². The highest BCUT2D eigenvalue weighted by Crippen LogP contribution is 2.12. The van der Waals surface area contributed by atoms with Gasteiger partial charge in [0.25, 0.3) is 0 Å². The number of rotatable bonds is 50. The number of carbonyl (C=O) groups is 3. The third-order valence-electron chi connectivity index (χ3n) is 11.4. The van der Waals surface area contributed by atoms with E-state index >= 15 is 0 Å². The van der Waals surface area contributed by atoms with Crippen LogP contribution in [0.25, 0.3) is 0 Å². The highest BCUT2D eigenvalue weighted by atomic mass is 16.6. The van der Waals surface area contributed by atoms with Crippen LogP contribution in [0.3, 0.4) is 0 Å². The van der Waals surface area contributed by atoms with E-state index in [2.05, 4.69) is 191 Å². The average Bonchev–Trinajstić information content (AvgIpc) is 3.41. The minimum atomic E-state index is -0.849. The molecule has 0 fully saturated rings. The normalized spacial score (nSPS) is 13.5. The minimum Gasteiger partial charge on any atom is -0.462 e. The van der Waals surface area contributed by atoms with Gasteiger partial charge in [0.1, 0.15) is 13.2 Å². The van der Waals surface area contributed by atoms with Gasteiger partial charge in [-0.2, -0.15) is 0 Å². The lowest BCUT2D eigenvalue weighted by molar-refractivity contribution is -0.166. The molecule has 6 heteroatoms. The molecule has 0 rings (SSSR count). The van der Waals surface area contributed by atoms with Gasteiger partial charge < -0.3 is 14.2 Å². The molecule has 6 nitrogen and oxygen atoms in total. The van der Waals surface area contributed by atoms with Crippen LogP contribution in [0.15, 0.2) is 182 Å². The molecule has 0 aromatic carbocycles. The van der Waals surface area contributed by atoms with Crippen LogP contribution in [0.4, 0.5) is 0 Å². The maximum Gasteiger partial charge on any atom is 0.306 e. The molecular formula is C69H104O6. The van der Waals surface area contributed by atoms with E-state index in [4.69, 9.17) is 14.2 Å². The topological polar surface area (TPSA) is 78.9 Å². The third kappa shape index (κ3) is 59.3. The Kier molecular flexibility index (Phi) is 56.6. The minimum absolute atomic E-state index is 0.137. The first kappa shape index (κ1) is 69.5. The molecule has 0 N–H and O–H groups in total. The van der Waals surface area contributed by atoms with Crippen LogP contribution >= 0.6 is 0 Å². The molecule has 0 saturated heterocycles. The van der Waals surface area contributed by atoms with Crippen molar-refractivity contribution in [2.75, 3.05) is 13.2 Å². The maximum absolute atomic E-state index is 12.9. The predicted octanol–water partition coefficient (Wildman–Crippen LogP) is 20.1. The summed E-state index contributed by atoms with van der Waals surface area (Å²) in [7, 11) is 0. The number of hydrogen-bond acceptors (Lipinski definition) is 6. The Labute approximate surface area is 459 Å². The number of unbranched alkanes of at least 4 members (excludes halogenated alkanes) is 9. The summed E-state index contributed by atoms with van der Waals surface area (Å²) in [6, 6.07) is 0. The highest BCUT2D eigenvalue weighted by Gasteiger charge is 2.19. The molecule has 0 aliphatic heterocycles. The Morgan fingerprint density at radius 3 is 0.800 bits per heavy atom. The molecule has 0 aliphatic rings. The molecule has 0 bridgehead atoms. The van der Waals surface area contributed by atoms with Gasteiger partial charge in [0.15, 0.2) is 6.10 Å². The lowest BCUT2D eigenvalue weighted by atomic mass is 10.1. The second-order valence-corrected chi connectivity index (χ2v) is 18.4. The van der Waals surface area contributed by atoms with Crippen LogP contribution in [0, 0.1) is 0 Å². The zero-order valence-corrected chi connectivity index (χ0v) is 47.5. The van der Waals surface area contributed by atoms with E-state index in [1.165, 1.54) is 0 Å². The Morgan fingerprint density at radius 1 is 0.267 bits per heavy atom. The molecule has 0 amide bonds. The molecule has 0 aromatic heterocycles. The fourth-order valence-electron chi connectivity index (χ4n) is 7.13. The first-order valence-corrected chi connectivity index (χ1v) is 29.3. The van der Waals surface area contributed by atoms with Gasteiger partial charge in [0, 0.05) is 19.3 Å². The molecule has 0 heterocycles. The van der Waals surface area contributed by atoms with Crippen LogP contribution in [-0.2, 0) is 28.6 Å². The van der Waals surface area contributed by atoms with Gasteiger partial charge in [-0.05, 0) is 141 Å². The fourth-order valence-corrected chi connectivity index (χ4v) is 7.13. The molecular weight excluding hydrogens is 925 g/mol. The summed E-state index contributed by atoms with van der Waals surface area (Å²) in [5, 5.41) is 0. The summed E-state index contributed by atoms with van der Waals surface area (Å²) in [4.78, 5) is 38.2. The summed E-state index contributed by atoms with van der Waals surface area (Å²) >= 11 is 0. The lowest BCUT2D eigenvalue weighted by Crippen LogP contribution is -2.30. The number of ether oxygens (including phenoxy) is 3. The van der Waals surface area contributed by atoms with E-state index < -0.39 is 12.1 Å². The van der Waals surface area contributed by atoms with E-state index in [-0.39, 0.29) is 31.6 Å². The quantitative estimate of drug-likeness (QED) is 0.0261. The summed E-state index contributed by atoms with van der Waals surface area (Å²) in [5.74, 6) is -1.07. The zero-order chi connectivity index (χ0) is 54.3. The van der Waals surface area contributed by atoms with Crippen LogP contribution in [-0.4, -0.2) is 37.2 Å². The molecule has 416 valence electrons. The summed E-state index contributed by atoms with van der Waals surface area (Å²) in [5.41, 5.74) is 0. The van der Waals surface area contributed by atoms with Crippen molar-refractivity contribution in [3.05, 3.63) is 182 Å². The van der Waals surface area contributed by atoms with Crippen LogP contribution in [0.5, 0.6) is 0 Å². The summed E-state index contributed by atoms with van der Waals surface area (Å²) in [6.07, 6.45) is 91.8. The van der Waals surface area contributed by atoms with Gasteiger partial charge in [-0.3, -0.25) is 14.4 Å². The monoisotopic (exact) mass is 1030 g/mol. The van der Waals surface area contributed by atoms with Crippen molar-refractivity contribution in [1.82, 2.24) is 0 Å². The molecule has 1 unspecified atom stereocenters. The molecule has 0 aromatic rings. The Hall–Kier alpha value is -5.49. The molecule has 1 atom stereocenters. The number of esters is 3. The van der Waals surface area contributed by atoms with Crippen molar-refractivity contribution in [3.63, 3.8) is 0 Å². The smallest absolute Gasteiger partial charge is 0.306 e. The van der Waals surface area contributed by atoms with E-state index in [0.717, 1.165) is 167 Å². The molecule has 0 aliphatic carbocycles. The molecule has 0 saturated carbocycles. The van der Waals surface area contributed by atoms with Gasteiger partial charge >= 0.3 is 17.9 Å². The SMILES string of the molecule is CC/C=C\C/C=C\C/C=C\C/C=C\C/C=C\C/C=C\CCC(=O)OC(COC(=O)CCCCCC/C=C\C/C=C\C/C=C\C/C=C\CC)COC(=O)CCCCCCC/C=C\C/C=C\C/C=C\C/C=C\C/C=C\CC. The van der Waals surface area contributed by atoms with Crippen molar-refractivity contribution in [2.24, 2.45) is 0 Å². The first-order valence-electron chi connectivity index (χ1n) is 29.3. The van der Waals surface area contributed by atoms with Crippen molar-refractivity contribution in [3.8, 4) is 0 Å². The lowest BCUT2D eigenvalue weighted by Gasteiger charge is -2.18. The summed E-state index contributed by atoms with van der Waals surface area (Å²) in [6.45, 7) is 6.18. The van der Waals surface area contributed by atoms with Gasteiger partial charge in [0.05, 0.1) is 0 Å². The van der Waals surface area contributed by atoms with Crippen molar-refractivity contribution in [1.29, 1.82) is 0 Å². The Bertz CT molecular complexity index is 1800. The second kappa shape index (κ2) is 61.1. The largest absolute Gasteiger partial charge is 0.462 e. The molecule has 0 radical (unpaired) electrons. The average molecular weight is 1030 g/mol. The van der Waals surface area contributed by atoms with Crippen LogP contribution < -0.4 is 0 Å². The maximum atomic E-state index is 12.9. The first-order chi connectivity index (χ1) is 37.0. The van der Waals surface area contributed by atoms with Crippen molar-refractivity contribution in [2.45, 2.75) is 219 Å². The van der Waals surface area contributed by atoms with Crippen molar-refractivity contribution >= 4 is 17.9 Å². The third-order valence-corrected chi connectivity index (χ3v) is 11.4. The molecule has 0 spiro atoms. The van der Waals surface area contributed by atoms with E-state index in [9.17, 15) is 14.4 Å².